The van der Waals surface area contributed by atoms with Crippen molar-refractivity contribution in [3.8, 4) is 0 Å². The number of nitrogens with zero attached hydrogens (tertiary/aromatic N) is 1. The lowest BCUT2D eigenvalue weighted by Crippen LogP contribution is -2.33. The summed E-state index contributed by atoms with van der Waals surface area (Å²) in [6.07, 6.45) is 1.10. The maximum atomic E-state index is 11.2. The molecule has 14 heavy (non-hydrogen) atoms. The number of hydrogen-bond donors (Lipinski definition) is 0. The molecule has 0 radical (unpaired) electrons. The Morgan fingerprint density at radius 1 is 1.50 bits per heavy atom. The van der Waals surface area contributed by atoms with Crippen molar-refractivity contribution < 1.29 is 14.5 Å². The monoisotopic (exact) mass is 203 g/mol. The Hall–Kier alpha value is -1.13. The van der Waals surface area contributed by atoms with Gasteiger partial charge in [0.05, 0.1) is 6.61 Å². The van der Waals surface area contributed by atoms with Gasteiger partial charge >= 0.3 is 5.97 Å². The lowest BCUT2D eigenvalue weighted by molar-refractivity contribution is -0.530. The highest BCUT2D eigenvalue weighted by Gasteiger charge is 2.33. The zero-order valence-electron chi connectivity index (χ0n) is 8.86. The molecule has 0 aromatic rings. The first-order valence-electron chi connectivity index (χ1n) is 4.84. The van der Waals surface area contributed by atoms with Crippen LogP contribution in [0.1, 0.15) is 33.6 Å². The topological polar surface area (TPSA) is 69.4 Å². The van der Waals surface area contributed by atoms with E-state index in [0.717, 1.165) is 0 Å². The molecule has 5 nitrogen and oxygen atoms in total. The number of carbonyl (C=O) groups excluding carboxylic acids is 1. The van der Waals surface area contributed by atoms with Gasteiger partial charge in [-0.3, -0.25) is 14.9 Å². The van der Waals surface area contributed by atoms with Crippen molar-refractivity contribution in [1.82, 2.24) is 0 Å². The standard InChI is InChI=1S/C9H17NO4/c1-4-6-8(10(12)13)7(3)9(11)14-5-2/h7-8H,4-6H2,1-3H3. The molecule has 0 aromatic heterocycles. The molecule has 0 fully saturated rings. The predicted molar refractivity (Wildman–Crippen MR) is 51.5 cm³/mol. The van der Waals surface area contributed by atoms with E-state index in [1.165, 1.54) is 0 Å². The van der Waals surface area contributed by atoms with E-state index in [-0.39, 0.29) is 6.61 Å². The average Bonchev–Trinajstić information content (AvgIpc) is 2.13. The van der Waals surface area contributed by atoms with E-state index in [0.29, 0.717) is 12.8 Å². The minimum absolute atomic E-state index is 0.264. The van der Waals surface area contributed by atoms with Gasteiger partial charge < -0.3 is 4.74 Å². The van der Waals surface area contributed by atoms with Crippen LogP contribution in [0.4, 0.5) is 0 Å². The fraction of sp³-hybridized carbons (Fsp3) is 0.889. The Labute approximate surface area is 83.6 Å². The van der Waals surface area contributed by atoms with Crippen LogP contribution in [0.15, 0.2) is 0 Å². The van der Waals surface area contributed by atoms with E-state index in [4.69, 9.17) is 4.74 Å². The van der Waals surface area contributed by atoms with Crippen LogP contribution in [0.25, 0.3) is 0 Å². The first-order valence-corrected chi connectivity index (χ1v) is 4.84. The van der Waals surface area contributed by atoms with Crippen molar-refractivity contribution in [1.29, 1.82) is 0 Å². The molecule has 2 atom stereocenters. The van der Waals surface area contributed by atoms with Gasteiger partial charge in [0.15, 0.2) is 0 Å². The molecule has 0 saturated carbocycles. The van der Waals surface area contributed by atoms with Crippen LogP contribution in [-0.4, -0.2) is 23.5 Å². The summed E-state index contributed by atoms with van der Waals surface area (Å²) in [4.78, 5) is 21.5. The van der Waals surface area contributed by atoms with Gasteiger partial charge in [-0.15, -0.1) is 0 Å². The normalized spacial score (nSPS) is 14.5. The molecule has 0 spiro atoms. The van der Waals surface area contributed by atoms with E-state index in [2.05, 4.69) is 0 Å². The molecule has 0 amide bonds. The van der Waals surface area contributed by atoms with Crippen LogP contribution in [0.3, 0.4) is 0 Å². The number of nitro groups is 1. The van der Waals surface area contributed by atoms with Crippen LogP contribution in [0.5, 0.6) is 0 Å². The van der Waals surface area contributed by atoms with Crippen molar-refractivity contribution in [2.24, 2.45) is 5.92 Å². The highest BCUT2D eigenvalue weighted by molar-refractivity contribution is 5.72. The Balaban J connectivity index is 4.34. The van der Waals surface area contributed by atoms with Crippen molar-refractivity contribution in [3.63, 3.8) is 0 Å². The molecule has 0 heterocycles. The molecular weight excluding hydrogens is 186 g/mol. The van der Waals surface area contributed by atoms with Gasteiger partial charge in [-0.05, 0) is 20.3 Å². The Bertz CT molecular complexity index is 205. The highest BCUT2D eigenvalue weighted by Crippen LogP contribution is 2.14. The second kappa shape index (κ2) is 6.34. The van der Waals surface area contributed by atoms with Crippen LogP contribution in [0.2, 0.25) is 0 Å². The van der Waals surface area contributed by atoms with Gasteiger partial charge in [0.25, 0.3) is 0 Å². The van der Waals surface area contributed by atoms with Crippen molar-refractivity contribution in [2.45, 2.75) is 39.7 Å². The number of esters is 1. The molecule has 0 aromatic carbocycles. The zero-order valence-corrected chi connectivity index (χ0v) is 8.86. The van der Waals surface area contributed by atoms with E-state index >= 15 is 0 Å². The largest absolute Gasteiger partial charge is 0.466 e. The summed E-state index contributed by atoms with van der Waals surface area (Å²) in [5.41, 5.74) is 0. The quantitative estimate of drug-likeness (QED) is 0.373. The summed E-state index contributed by atoms with van der Waals surface area (Å²) >= 11 is 0. The first kappa shape index (κ1) is 12.9. The molecule has 0 saturated heterocycles. The highest BCUT2D eigenvalue weighted by atomic mass is 16.6. The van der Waals surface area contributed by atoms with Crippen LogP contribution < -0.4 is 0 Å². The number of ether oxygens (including phenoxy) is 1. The van der Waals surface area contributed by atoms with E-state index < -0.39 is 22.9 Å². The fourth-order valence-corrected chi connectivity index (χ4v) is 1.26. The average molecular weight is 203 g/mol. The second-order valence-corrected chi connectivity index (χ2v) is 3.18. The summed E-state index contributed by atoms with van der Waals surface area (Å²) in [5, 5.41) is 10.6. The second-order valence-electron chi connectivity index (χ2n) is 3.18. The molecule has 0 N–H and O–H groups in total. The van der Waals surface area contributed by atoms with E-state index in [9.17, 15) is 14.9 Å². The Morgan fingerprint density at radius 2 is 2.07 bits per heavy atom. The fourth-order valence-electron chi connectivity index (χ4n) is 1.26. The molecule has 0 bridgehead atoms. The molecule has 5 heteroatoms. The smallest absolute Gasteiger partial charge is 0.315 e. The minimum Gasteiger partial charge on any atom is -0.466 e. The first-order chi connectivity index (χ1) is 6.54. The molecule has 0 aliphatic carbocycles. The maximum Gasteiger partial charge on any atom is 0.315 e. The third kappa shape index (κ3) is 3.72. The molecule has 0 aliphatic heterocycles. The molecule has 0 aliphatic rings. The lowest BCUT2D eigenvalue weighted by atomic mass is 9.98. The Kier molecular flexibility index (Phi) is 5.83. The van der Waals surface area contributed by atoms with E-state index in [1.54, 1.807) is 13.8 Å². The zero-order chi connectivity index (χ0) is 11.1. The maximum absolute atomic E-state index is 11.2. The van der Waals surface area contributed by atoms with Gasteiger partial charge in [-0.2, -0.15) is 0 Å². The Morgan fingerprint density at radius 3 is 2.43 bits per heavy atom. The number of rotatable bonds is 6. The van der Waals surface area contributed by atoms with Crippen LogP contribution in [-0.2, 0) is 9.53 Å². The van der Waals surface area contributed by atoms with Crippen molar-refractivity contribution >= 4 is 5.97 Å². The number of carbonyl (C=O) groups is 1. The van der Waals surface area contributed by atoms with Crippen molar-refractivity contribution in [2.75, 3.05) is 6.61 Å². The van der Waals surface area contributed by atoms with Gasteiger partial charge in [-0.25, -0.2) is 0 Å². The molecular formula is C9H17NO4. The summed E-state index contributed by atoms with van der Waals surface area (Å²) < 4.78 is 4.74. The SMILES string of the molecule is CCCC(C(C)C(=O)OCC)[N+](=O)[O-]. The summed E-state index contributed by atoms with van der Waals surface area (Å²) in [6, 6.07) is -0.820. The predicted octanol–water partition coefficient (Wildman–Crippen LogP) is 1.63. The third-order valence-electron chi connectivity index (χ3n) is 2.09. The minimum atomic E-state index is -0.820. The summed E-state index contributed by atoms with van der Waals surface area (Å²) in [5.74, 6) is -1.15. The van der Waals surface area contributed by atoms with Crippen molar-refractivity contribution in [3.05, 3.63) is 10.1 Å². The van der Waals surface area contributed by atoms with Gasteiger partial charge in [-0.1, -0.05) is 6.92 Å². The molecule has 82 valence electrons. The van der Waals surface area contributed by atoms with Crippen LogP contribution in [0, 0.1) is 16.0 Å². The van der Waals surface area contributed by atoms with E-state index in [1.807, 2.05) is 6.92 Å². The summed E-state index contributed by atoms with van der Waals surface area (Å²) in [7, 11) is 0. The van der Waals surface area contributed by atoms with Gasteiger partial charge in [0.2, 0.25) is 6.04 Å². The lowest BCUT2D eigenvalue weighted by Gasteiger charge is -2.14. The third-order valence-corrected chi connectivity index (χ3v) is 2.09. The number of hydrogen-bond acceptors (Lipinski definition) is 4. The van der Waals surface area contributed by atoms with Crippen LogP contribution >= 0.6 is 0 Å². The summed E-state index contributed by atoms with van der Waals surface area (Å²) in [6.45, 7) is 5.35. The van der Waals surface area contributed by atoms with Gasteiger partial charge in [0.1, 0.15) is 5.92 Å². The van der Waals surface area contributed by atoms with Gasteiger partial charge in [0, 0.05) is 11.3 Å². The molecule has 2 unspecified atom stereocenters. The molecule has 0 rings (SSSR count).